The van der Waals surface area contributed by atoms with E-state index in [1.165, 1.54) is 22.3 Å². The molecular weight excluding hydrogens is 488 g/mol. The third kappa shape index (κ3) is 5.91. The molecule has 0 amide bonds. The van der Waals surface area contributed by atoms with Crippen molar-refractivity contribution < 1.29 is 0 Å². The van der Waals surface area contributed by atoms with Crippen molar-refractivity contribution in [3.8, 4) is 0 Å². The summed E-state index contributed by atoms with van der Waals surface area (Å²) in [6.07, 6.45) is 0. The van der Waals surface area contributed by atoms with Crippen LogP contribution in [0.5, 0.6) is 0 Å². The molecule has 4 nitrogen and oxygen atoms in total. The van der Waals surface area contributed by atoms with Gasteiger partial charge in [0.25, 0.3) is 0 Å². The summed E-state index contributed by atoms with van der Waals surface area (Å²) in [7, 11) is 4.59. The molecule has 2 heterocycles. The SMILES string of the molecule is CN1CC(c2ccccc2)N(CCN2CC(c3ccccc3)N(C)CC2c2ccccc2)CC1c1ccccc1. The molecule has 40 heavy (non-hydrogen) atoms. The first kappa shape index (κ1) is 26.9. The molecule has 0 spiro atoms. The highest BCUT2D eigenvalue weighted by Crippen LogP contribution is 2.36. The number of nitrogens with zero attached hydrogens (tertiary/aromatic N) is 4. The maximum absolute atomic E-state index is 2.75. The zero-order chi connectivity index (χ0) is 27.3. The standard InChI is InChI=1S/C36H42N4/c1-37-25-35(31-19-11-5-12-20-31)39(27-33(37)29-15-7-3-8-16-29)23-24-40-28-34(30-17-9-4-10-18-30)38(2)26-36(40)32-21-13-6-14-22-32/h3-22,33-36H,23-28H2,1-2H3. The Bertz CT molecular complexity index is 1210. The van der Waals surface area contributed by atoms with Gasteiger partial charge in [0.05, 0.1) is 0 Å². The monoisotopic (exact) mass is 530 g/mol. The minimum Gasteiger partial charge on any atom is -0.296 e. The maximum Gasteiger partial charge on any atom is 0.0476 e. The Kier molecular flexibility index (Phi) is 8.40. The van der Waals surface area contributed by atoms with Crippen LogP contribution in [0.15, 0.2) is 121 Å². The largest absolute Gasteiger partial charge is 0.296 e. The molecule has 4 atom stereocenters. The molecule has 2 fully saturated rings. The second-order valence-electron chi connectivity index (χ2n) is 11.6. The lowest BCUT2D eigenvalue weighted by Gasteiger charge is -2.48. The van der Waals surface area contributed by atoms with Crippen molar-refractivity contribution in [2.24, 2.45) is 0 Å². The lowest BCUT2D eigenvalue weighted by Crippen LogP contribution is -2.53. The van der Waals surface area contributed by atoms with Gasteiger partial charge in [-0.1, -0.05) is 121 Å². The third-order valence-corrected chi connectivity index (χ3v) is 9.09. The molecule has 0 radical (unpaired) electrons. The lowest BCUT2D eigenvalue weighted by atomic mass is 9.95. The van der Waals surface area contributed by atoms with E-state index in [-0.39, 0.29) is 0 Å². The highest BCUT2D eigenvalue weighted by Gasteiger charge is 2.36. The average molecular weight is 531 g/mol. The first-order chi connectivity index (χ1) is 19.7. The van der Waals surface area contributed by atoms with Gasteiger partial charge in [-0.2, -0.15) is 0 Å². The van der Waals surface area contributed by atoms with Crippen molar-refractivity contribution in [2.75, 3.05) is 53.4 Å². The molecule has 0 N–H and O–H groups in total. The Morgan fingerprint density at radius 2 is 0.675 bits per heavy atom. The van der Waals surface area contributed by atoms with Crippen LogP contribution in [0.25, 0.3) is 0 Å². The van der Waals surface area contributed by atoms with Crippen LogP contribution in [0.2, 0.25) is 0 Å². The van der Waals surface area contributed by atoms with E-state index in [0.717, 1.165) is 39.3 Å². The van der Waals surface area contributed by atoms with Crippen LogP contribution >= 0.6 is 0 Å². The molecular formula is C36H42N4. The lowest BCUT2D eigenvalue weighted by molar-refractivity contribution is 0.00769. The maximum atomic E-state index is 2.75. The first-order valence-corrected chi connectivity index (χ1v) is 14.8. The summed E-state index contributed by atoms with van der Waals surface area (Å²) in [6.45, 7) is 6.22. The fourth-order valence-corrected chi connectivity index (χ4v) is 6.81. The van der Waals surface area contributed by atoms with Gasteiger partial charge in [-0.15, -0.1) is 0 Å². The fourth-order valence-electron chi connectivity index (χ4n) is 6.81. The Hall–Kier alpha value is -3.28. The number of piperazine rings is 2. The van der Waals surface area contributed by atoms with Gasteiger partial charge in [-0.05, 0) is 36.3 Å². The van der Waals surface area contributed by atoms with Crippen LogP contribution in [0.1, 0.15) is 46.4 Å². The van der Waals surface area contributed by atoms with Gasteiger partial charge in [-0.25, -0.2) is 0 Å². The molecule has 2 saturated heterocycles. The summed E-state index contributed by atoms with van der Waals surface area (Å²) >= 11 is 0. The molecule has 6 rings (SSSR count). The van der Waals surface area contributed by atoms with Crippen LogP contribution in [0.4, 0.5) is 0 Å². The van der Waals surface area contributed by atoms with Gasteiger partial charge in [0.2, 0.25) is 0 Å². The summed E-state index contributed by atoms with van der Waals surface area (Å²) in [5, 5.41) is 0. The Balaban J connectivity index is 1.27. The molecule has 4 unspecified atom stereocenters. The molecule has 4 heteroatoms. The van der Waals surface area contributed by atoms with E-state index in [2.05, 4.69) is 155 Å². The van der Waals surface area contributed by atoms with Crippen molar-refractivity contribution in [1.29, 1.82) is 0 Å². The summed E-state index contributed by atoms with van der Waals surface area (Å²) in [4.78, 5) is 10.6. The molecule has 0 aromatic heterocycles. The van der Waals surface area contributed by atoms with Gasteiger partial charge in [0.1, 0.15) is 0 Å². The highest BCUT2D eigenvalue weighted by atomic mass is 15.3. The number of hydrogen-bond acceptors (Lipinski definition) is 4. The third-order valence-electron chi connectivity index (χ3n) is 9.09. The highest BCUT2D eigenvalue weighted by molar-refractivity contribution is 5.26. The summed E-state index contributed by atoms with van der Waals surface area (Å²) < 4.78 is 0. The minimum atomic E-state index is 0.388. The van der Waals surface area contributed by atoms with Gasteiger partial charge in [-0.3, -0.25) is 19.6 Å². The zero-order valence-electron chi connectivity index (χ0n) is 23.9. The topological polar surface area (TPSA) is 13.0 Å². The molecule has 206 valence electrons. The number of hydrogen-bond donors (Lipinski definition) is 0. The summed E-state index contributed by atoms with van der Waals surface area (Å²) in [5.41, 5.74) is 5.65. The van der Waals surface area contributed by atoms with Crippen molar-refractivity contribution in [3.63, 3.8) is 0 Å². The Labute approximate surface area is 240 Å². The molecule has 4 aromatic carbocycles. The molecule has 0 saturated carbocycles. The summed E-state index contributed by atoms with van der Waals surface area (Å²) in [5.74, 6) is 0. The minimum absolute atomic E-state index is 0.388. The van der Waals surface area contributed by atoms with E-state index >= 15 is 0 Å². The van der Waals surface area contributed by atoms with Crippen LogP contribution in [-0.2, 0) is 0 Å². The van der Waals surface area contributed by atoms with E-state index in [4.69, 9.17) is 0 Å². The molecule has 2 aliphatic rings. The fraction of sp³-hybridized carbons (Fsp3) is 0.333. The second kappa shape index (κ2) is 12.5. The normalized spacial score (nSPS) is 25.1. The van der Waals surface area contributed by atoms with E-state index in [1.807, 2.05) is 0 Å². The summed E-state index contributed by atoms with van der Waals surface area (Å²) in [6, 6.07) is 45.9. The Morgan fingerprint density at radius 3 is 0.975 bits per heavy atom. The van der Waals surface area contributed by atoms with Gasteiger partial charge in [0, 0.05) is 63.4 Å². The van der Waals surface area contributed by atoms with Crippen LogP contribution < -0.4 is 0 Å². The predicted octanol–water partition coefficient (Wildman–Crippen LogP) is 6.45. The van der Waals surface area contributed by atoms with Crippen LogP contribution in [0.3, 0.4) is 0 Å². The number of rotatable bonds is 7. The van der Waals surface area contributed by atoms with E-state index in [9.17, 15) is 0 Å². The van der Waals surface area contributed by atoms with Crippen molar-refractivity contribution >= 4 is 0 Å². The quantitative estimate of drug-likeness (QED) is 0.272. The van der Waals surface area contributed by atoms with E-state index < -0.39 is 0 Å². The molecule has 4 aromatic rings. The average Bonchev–Trinajstić information content (AvgIpc) is 3.02. The molecule has 0 bridgehead atoms. The van der Waals surface area contributed by atoms with Crippen molar-refractivity contribution in [1.82, 2.24) is 19.6 Å². The number of benzene rings is 4. The van der Waals surface area contributed by atoms with E-state index in [1.54, 1.807) is 0 Å². The second-order valence-corrected chi connectivity index (χ2v) is 11.6. The number of likely N-dealkylation sites (N-methyl/N-ethyl adjacent to an activating group) is 2. The zero-order valence-corrected chi connectivity index (χ0v) is 23.9. The Morgan fingerprint density at radius 1 is 0.400 bits per heavy atom. The van der Waals surface area contributed by atoms with Gasteiger partial charge < -0.3 is 0 Å². The van der Waals surface area contributed by atoms with Crippen molar-refractivity contribution in [3.05, 3.63) is 144 Å². The predicted molar refractivity (Wildman–Crippen MR) is 165 cm³/mol. The van der Waals surface area contributed by atoms with E-state index in [0.29, 0.717) is 24.2 Å². The van der Waals surface area contributed by atoms with Crippen molar-refractivity contribution in [2.45, 2.75) is 24.2 Å². The smallest absolute Gasteiger partial charge is 0.0476 e. The van der Waals surface area contributed by atoms with Crippen LogP contribution in [0, 0.1) is 0 Å². The first-order valence-electron chi connectivity index (χ1n) is 14.8. The molecule has 2 aliphatic heterocycles. The van der Waals surface area contributed by atoms with Crippen LogP contribution in [-0.4, -0.2) is 73.0 Å². The van der Waals surface area contributed by atoms with Gasteiger partial charge in [0.15, 0.2) is 0 Å². The molecule has 0 aliphatic carbocycles. The van der Waals surface area contributed by atoms with Gasteiger partial charge >= 0.3 is 0 Å².